The van der Waals surface area contributed by atoms with Gasteiger partial charge >= 0.3 is 6.03 Å². The van der Waals surface area contributed by atoms with Gasteiger partial charge in [0, 0.05) is 16.6 Å². The van der Waals surface area contributed by atoms with Crippen LogP contribution in [0.3, 0.4) is 0 Å². The normalized spacial score (nSPS) is 19.0. The fraction of sp³-hybridized carbons (Fsp3) is 0.348. The van der Waals surface area contributed by atoms with E-state index in [1.165, 1.54) is 0 Å². The molecule has 2 aromatic carbocycles. The summed E-state index contributed by atoms with van der Waals surface area (Å²) in [6.45, 7) is 7.56. The fourth-order valence-corrected chi connectivity index (χ4v) is 3.92. The van der Waals surface area contributed by atoms with Gasteiger partial charge in [0.15, 0.2) is 0 Å². The van der Waals surface area contributed by atoms with Crippen molar-refractivity contribution < 1.29 is 14.4 Å². The third kappa shape index (κ3) is 4.41. The second-order valence-corrected chi connectivity index (χ2v) is 9.51. The molecule has 1 aliphatic heterocycles. The zero-order valence-corrected chi connectivity index (χ0v) is 19.2. The molecule has 1 unspecified atom stereocenters. The van der Waals surface area contributed by atoms with E-state index in [1.54, 1.807) is 30.0 Å². The van der Waals surface area contributed by atoms with Crippen LogP contribution >= 0.6 is 15.9 Å². The number of benzene rings is 2. The van der Waals surface area contributed by atoms with E-state index in [-0.39, 0.29) is 12.5 Å². The number of carbonyl (C=O) groups is 3. The van der Waals surface area contributed by atoms with Crippen molar-refractivity contribution in [1.82, 2.24) is 15.1 Å². The smallest absolute Gasteiger partial charge is 0.325 e. The predicted molar refractivity (Wildman–Crippen MR) is 118 cm³/mol. The molecule has 0 aliphatic carbocycles. The van der Waals surface area contributed by atoms with Crippen LogP contribution < -0.4 is 5.32 Å². The molecule has 158 valence electrons. The zero-order chi connectivity index (χ0) is 22.1. The first-order valence-corrected chi connectivity index (χ1v) is 10.6. The van der Waals surface area contributed by atoms with E-state index in [4.69, 9.17) is 0 Å². The Morgan fingerprint density at radius 1 is 1.10 bits per heavy atom. The van der Waals surface area contributed by atoms with E-state index in [9.17, 15) is 14.4 Å². The first-order valence-electron chi connectivity index (χ1n) is 9.77. The van der Waals surface area contributed by atoms with Gasteiger partial charge in [-0.1, -0.05) is 58.4 Å². The summed E-state index contributed by atoms with van der Waals surface area (Å²) in [7, 11) is 0. The number of amides is 4. The van der Waals surface area contributed by atoms with Crippen molar-refractivity contribution in [3.05, 3.63) is 70.2 Å². The molecule has 1 aliphatic rings. The highest BCUT2D eigenvalue weighted by molar-refractivity contribution is 9.10. The number of carbonyl (C=O) groups excluding carboxylic acids is 3. The van der Waals surface area contributed by atoms with Crippen LogP contribution in [0, 0.1) is 0 Å². The third-order valence-electron chi connectivity index (χ3n) is 5.26. The first-order chi connectivity index (χ1) is 14.0. The van der Waals surface area contributed by atoms with Crippen molar-refractivity contribution >= 4 is 33.8 Å². The average Bonchev–Trinajstić information content (AvgIpc) is 2.90. The lowest BCUT2D eigenvalue weighted by Gasteiger charge is -2.36. The van der Waals surface area contributed by atoms with Gasteiger partial charge in [-0.15, -0.1) is 0 Å². The van der Waals surface area contributed by atoms with E-state index in [2.05, 4.69) is 21.2 Å². The Hall–Kier alpha value is -2.67. The topological polar surface area (TPSA) is 69.7 Å². The molecule has 1 heterocycles. The number of imide groups is 1. The number of urea groups is 1. The molecule has 0 saturated carbocycles. The number of nitrogens with zero attached hydrogens (tertiary/aromatic N) is 2. The van der Waals surface area contributed by atoms with Crippen molar-refractivity contribution in [2.75, 3.05) is 6.54 Å². The minimum Gasteiger partial charge on any atom is -0.332 e. The van der Waals surface area contributed by atoms with Gasteiger partial charge in [0.2, 0.25) is 5.91 Å². The highest BCUT2D eigenvalue weighted by atomic mass is 79.9. The minimum atomic E-state index is -1.22. The Labute approximate surface area is 185 Å². The van der Waals surface area contributed by atoms with Crippen molar-refractivity contribution in [3.8, 4) is 0 Å². The molecule has 30 heavy (non-hydrogen) atoms. The van der Waals surface area contributed by atoms with Crippen molar-refractivity contribution in [1.29, 1.82) is 0 Å². The van der Waals surface area contributed by atoms with E-state index in [0.29, 0.717) is 12.1 Å². The summed E-state index contributed by atoms with van der Waals surface area (Å²) in [5, 5.41) is 2.75. The Kier molecular flexibility index (Phi) is 6.04. The highest BCUT2D eigenvalue weighted by Crippen LogP contribution is 2.30. The van der Waals surface area contributed by atoms with Crippen LogP contribution in [-0.4, -0.2) is 39.7 Å². The van der Waals surface area contributed by atoms with Gasteiger partial charge in [0.1, 0.15) is 12.1 Å². The molecular formula is C23H26BrN3O3. The molecule has 3 rings (SSSR count). The summed E-state index contributed by atoms with van der Waals surface area (Å²) in [6.07, 6.45) is 0. The first kappa shape index (κ1) is 22.0. The molecule has 1 fully saturated rings. The van der Waals surface area contributed by atoms with Crippen LogP contribution in [0.1, 0.15) is 38.8 Å². The van der Waals surface area contributed by atoms with Crippen LogP contribution in [0.15, 0.2) is 59.1 Å². The maximum Gasteiger partial charge on any atom is 0.325 e. The van der Waals surface area contributed by atoms with Gasteiger partial charge in [-0.3, -0.25) is 14.5 Å². The van der Waals surface area contributed by atoms with Crippen molar-refractivity contribution in [2.24, 2.45) is 0 Å². The summed E-state index contributed by atoms with van der Waals surface area (Å²) in [4.78, 5) is 41.7. The second kappa shape index (κ2) is 8.22. The van der Waals surface area contributed by atoms with E-state index in [0.717, 1.165) is 14.9 Å². The molecule has 1 N–H and O–H groups in total. The molecule has 2 aromatic rings. The van der Waals surface area contributed by atoms with Crippen LogP contribution in [-0.2, 0) is 21.7 Å². The van der Waals surface area contributed by atoms with E-state index >= 15 is 0 Å². The SMILES string of the molecule is CC1(c2cccc(Br)c2)NC(=O)N(CC(=O)N(Cc2ccccc2)C(C)(C)C)C1=O. The van der Waals surface area contributed by atoms with Gasteiger partial charge in [-0.2, -0.15) is 0 Å². The monoisotopic (exact) mass is 471 g/mol. The zero-order valence-electron chi connectivity index (χ0n) is 17.6. The molecule has 0 radical (unpaired) electrons. The lowest BCUT2D eigenvalue weighted by atomic mass is 9.92. The molecule has 0 aromatic heterocycles. The number of hydrogen-bond acceptors (Lipinski definition) is 3. The van der Waals surface area contributed by atoms with Gasteiger partial charge in [-0.25, -0.2) is 4.79 Å². The number of hydrogen-bond donors (Lipinski definition) is 1. The Morgan fingerprint density at radius 2 is 1.77 bits per heavy atom. The summed E-state index contributed by atoms with van der Waals surface area (Å²) < 4.78 is 0.805. The quantitative estimate of drug-likeness (QED) is 0.668. The van der Waals surface area contributed by atoms with Gasteiger partial charge < -0.3 is 10.2 Å². The standard InChI is InChI=1S/C23H26BrN3O3/c1-22(2,3)27(14-16-9-6-5-7-10-16)19(28)15-26-20(29)23(4,25-21(26)30)17-11-8-12-18(24)13-17/h5-13H,14-15H2,1-4H3,(H,25,30). The van der Waals surface area contributed by atoms with Crippen molar-refractivity contribution in [3.63, 3.8) is 0 Å². The fourth-order valence-electron chi connectivity index (χ4n) is 3.52. The van der Waals surface area contributed by atoms with Crippen molar-refractivity contribution in [2.45, 2.75) is 45.3 Å². The maximum absolute atomic E-state index is 13.2. The summed E-state index contributed by atoms with van der Waals surface area (Å²) in [5.74, 6) is -0.721. The molecule has 4 amide bonds. The summed E-state index contributed by atoms with van der Waals surface area (Å²) in [5.41, 5.74) is -0.0496. The summed E-state index contributed by atoms with van der Waals surface area (Å²) >= 11 is 3.40. The third-order valence-corrected chi connectivity index (χ3v) is 5.76. The average molecular weight is 472 g/mol. The molecule has 6 nitrogen and oxygen atoms in total. The molecule has 1 atom stereocenters. The van der Waals surface area contributed by atoms with E-state index < -0.39 is 23.0 Å². The molecule has 1 saturated heterocycles. The summed E-state index contributed by atoms with van der Waals surface area (Å²) in [6, 6.07) is 16.3. The van der Waals surface area contributed by atoms with E-state index in [1.807, 2.05) is 57.2 Å². The number of nitrogens with one attached hydrogen (secondary N) is 1. The van der Waals surface area contributed by atoms with Gasteiger partial charge in [0.05, 0.1) is 0 Å². The second-order valence-electron chi connectivity index (χ2n) is 8.59. The van der Waals surface area contributed by atoms with Crippen LogP contribution in [0.25, 0.3) is 0 Å². The lowest BCUT2D eigenvalue weighted by molar-refractivity contribution is -0.142. The Morgan fingerprint density at radius 3 is 2.37 bits per heavy atom. The van der Waals surface area contributed by atoms with Crippen LogP contribution in [0.2, 0.25) is 0 Å². The van der Waals surface area contributed by atoms with Gasteiger partial charge in [0.25, 0.3) is 5.91 Å². The lowest BCUT2D eigenvalue weighted by Crippen LogP contribution is -2.50. The Balaban J connectivity index is 1.82. The maximum atomic E-state index is 13.2. The minimum absolute atomic E-state index is 0.284. The predicted octanol–water partition coefficient (Wildman–Crippen LogP) is 4.04. The molecule has 0 bridgehead atoms. The molecule has 7 heteroatoms. The molecule has 0 spiro atoms. The van der Waals surface area contributed by atoms with Crippen LogP contribution in [0.5, 0.6) is 0 Å². The Bertz CT molecular complexity index is 971. The molecular weight excluding hydrogens is 446 g/mol. The highest BCUT2D eigenvalue weighted by Gasteiger charge is 2.50. The number of halogens is 1. The largest absolute Gasteiger partial charge is 0.332 e. The van der Waals surface area contributed by atoms with Gasteiger partial charge in [-0.05, 0) is 51.0 Å². The number of rotatable bonds is 5. The van der Waals surface area contributed by atoms with Crippen LogP contribution in [0.4, 0.5) is 4.79 Å².